The number of amides is 1. The van der Waals surface area contributed by atoms with E-state index < -0.39 is 0 Å². The lowest BCUT2D eigenvalue weighted by Crippen LogP contribution is -2.36. The predicted molar refractivity (Wildman–Crippen MR) is 102 cm³/mol. The lowest BCUT2D eigenvalue weighted by molar-refractivity contribution is 0.0945. The van der Waals surface area contributed by atoms with Crippen molar-refractivity contribution in [2.24, 2.45) is 0 Å². The van der Waals surface area contributed by atoms with Gasteiger partial charge in [0.2, 0.25) is 0 Å². The Bertz CT molecular complexity index is 807. The van der Waals surface area contributed by atoms with Gasteiger partial charge in [-0.1, -0.05) is 47.4 Å². The summed E-state index contributed by atoms with van der Waals surface area (Å²) >= 11 is 9.49. The summed E-state index contributed by atoms with van der Waals surface area (Å²) in [5, 5.41) is 3.40. The van der Waals surface area contributed by atoms with Gasteiger partial charge in [0.05, 0.1) is 10.6 Å². The van der Waals surface area contributed by atoms with Gasteiger partial charge in [-0.3, -0.25) is 4.79 Å². The number of hydrogen-bond donors (Lipinski definition) is 1. The second-order valence-electron chi connectivity index (χ2n) is 6.55. The molecule has 0 spiro atoms. The topological polar surface area (TPSA) is 47.6 Å². The molecule has 0 saturated carbocycles. The maximum Gasteiger partial charge on any atom is 0.252 e. The van der Waals surface area contributed by atoms with Gasteiger partial charge in [-0.25, -0.2) is 0 Å². The van der Waals surface area contributed by atoms with Gasteiger partial charge in [-0.2, -0.15) is 0 Å². The average Bonchev–Trinajstić information content (AvgIpc) is 2.61. The molecular weight excluding hydrogens is 406 g/mol. The summed E-state index contributed by atoms with van der Waals surface area (Å²) in [4.78, 5) is 12.5. The quantitative estimate of drug-likeness (QED) is 0.781. The molecule has 1 heterocycles. The largest absolute Gasteiger partial charge is 0.486 e. The summed E-state index contributed by atoms with van der Waals surface area (Å²) in [6.07, 6.45) is 0. The fraction of sp³-hybridized carbons (Fsp3) is 0.316. The van der Waals surface area contributed by atoms with E-state index in [1.54, 1.807) is 18.2 Å². The van der Waals surface area contributed by atoms with Crippen molar-refractivity contribution in [2.75, 3.05) is 19.8 Å². The number of carbonyl (C=O) groups excluding carboxylic acids is 1. The van der Waals surface area contributed by atoms with Crippen LogP contribution < -0.4 is 14.8 Å². The molecule has 0 atom stereocenters. The summed E-state index contributed by atoms with van der Waals surface area (Å²) in [6, 6.07) is 11.1. The molecule has 6 heteroatoms. The molecule has 1 aliphatic rings. The number of hydrogen-bond acceptors (Lipinski definition) is 3. The summed E-state index contributed by atoms with van der Waals surface area (Å²) in [7, 11) is 0. The molecule has 0 fully saturated rings. The van der Waals surface area contributed by atoms with Crippen LogP contribution in [0.25, 0.3) is 0 Å². The third kappa shape index (κ3) is 4.10. The van der Waals surface area contributed by atoms with Crippen LogP contribution in [0.15, 0.2) is 40.9 Å². The molecule has 0 unspecified atom stereocenters. The molecule has 25 heavy (non-hydrogen) atoms. The SMILES string of the molecule is CC(C)(CNC(=O)c1cc(Br)ccc1Cl)c1ccc2c(c1)OCCO2. The zero-order valence-corrected chi connectivity index (χ0v) is 16.4. The first kappa shape index (κ1) is 18.1. The molecule has 1 amide bonds. The van der Waals surface area contributed by atoms with Crippen LogP contribution in [0.1, 0.15) is 29.8 Å². The summed E-state index contributed by atoms with van der Waals surface area (Å²) < 4.78 is 12.0. The van der Waals surface area contributed by atoms with E-state index in [0.717, 1.165) is 21.5 Å². The molecule has 2 aromatic rings. The van der Waals surface area contributed by atoms with Crippen LogP contribution >= 0.6 is 27.5 Å². The van der Waals surface area contributed by atoms with Crippen molar-refractivity contribution >= 4 is 33.4 Å². The van der Waals surface area contributed by atoms with E-state index in [1.165, 1.54) is 0 Å². The van der Waals surface area contributed by atoms with E-state index in [1.807, 2.05) is 18.2 Å². The summed E-state index contributed by atoms with van der Waals surface area (Å²) in [5.74, 6) is 1.31. The highest BCUT2D eigenvalue weighted by atomic mass is 79.9. The average molecular weight is 425 g/mol. The van der Waals surface area contributed by atoms with Crippen LogP contribution in [0.2, 0.25) is 5.02 Å². The molecule has 2 aromatic carbocycles. The first-order valence-corrected chi connectivity index (χ1v) is 9.17. The first-order valence-electron chi connectivity index (χ1n) is 8.00. The smallest absolute Gasteiger partial charge is 0.252 e. The highest BCUT2D eigenvalue weighted by molar-refractivity contribution is 9.10. The minimum absolute atomic E-state index is 0.197. The van der Waals surface area contributed by atoms with Gasteiger partial charge in [-0.15, -0.1) is 0 Å². The Labute approximate surface area is 160 Å². The monoisotopic (exact) mass is 423 g/mol. The van der Waals surface area contributed by atoms with Crippen molar-refractivity contribution in [2.45, 2.75) is 19.3 Å². The minimum atomic E-state index is -0.274. The van der Waals surface area contributed by atoms with Crippen LogP contribution in [0, 0.1) is 0 Å². The zero-order chi connectivity index (χ0) is 18.0. The maximum atomic E-state index is 12.5. The van der Waals surface area contributed by atoms with Gasteiger partial charge in [0.1, 0.15) is 13.2 Å². The lowest BCUT2D eigenvalue weighted by Gasteiger charge is -2.28. The second kappa shape index (κ2) is 7.26. The number of ether oxygens (including phenoxy) is 2. The van der Waals surface area contributed by atoms with Crippen molar-refractivity contribution in [3.05, 3.63) is 57.0 Å². The molecule has 0 saturated heterocycles. The third-order valence-corrected chi connectivity index (χ3v) is 5.01. The van der Waals surface area contributed by atoms with Gasteiger partial charge in [-0.05, 0) is 35.9 Å². The van der Waals surface area contributed by atoms with Gasteiger partial charge in [0, 0.05) is 16.4 Å². The lowest BCUT2D eigenvalue weighted by atomic mass is 9.84. The molecule has 4 nitrogen and oxygen atoms in total. The van der Waals surface area contributed by atoms with Crippen molar-refractivity contribution in [1.82, 2.24) is 5.32 Å². The van der Waals surface area contributed by atoms with Crippen LogP contribution in [0.4, 0.5) is 0 Å². The Kier molecular flexibility index (Phi) is 5.25. The minimum Gasteiger partial charge on any atom is -0.486 e. The fourth-order valence-corrected chi connectivity index (χ4v) is 3.20. The zero-order valence-electron chi connectivity index (χ0n) is 14.1. The van der Waals surface area contributed by atoms with Crippen molar-refractivity contribution in [3.63, 3.8) is 0 Å². The van der Waals surface area contributed by atoms with Gasteiger partial charge in [0.15, 0.2) is 11.5 Å². The molecule has 0 aromatic heterocycles. The first-order chi connectivity index (χ1) is 11.9. The van der Waals surface area contributed by atoms with Gasteiger partial charge in [0.25, 0.3) is 5.91 Å². The van der Waals surface area contributed by atoms with Crippen LogP contribution in [-0.4, -0.2) is 25.7 Å². The standard InChI is InChI=1S/C19H19BrClNO3/c1-19(2,12-3-6-16-17(9-12)25-8-7-24-16)11-22-18(23)14-10-13(20)4-5-15(14)21/h3-6,9-10H,7-8,11H2,1-2H3,(H,22,23). The van der Waals surface area contributed by atoms with E-state index in [4.69, 9.17) is 21.1 Å². The molecule has 132 valence electrons. The van der Waals surface area contributed by atoms with Crippen LogP contribution in [0.3, 0.4) is 0 Å². The molecule has 1 N–H and O–H groups in total. The highest BCUT2D eigenvalue weighted by Crippen LogP contribution is 2.35. The maximum absolute atomic E-state index is 12.5. The normalized spacial score (nSPS) is 13.4. The summed E-state index contributed by atoms with van der Waals surface area (Å²) in [5.41, 5.74) is 1.25. The molecule has 1 aliphatic heterocycles. The Morgan fingerprint density at radius 1 is 1.16 bits per heavy atom. The number of carbonyl (C=O) groups is 1. The number of fused-ring (bicyclic) bond motifs is 1. The van der Waals surface area contributed by atoms with Crippen molar-refractivity contribution in [1.29, 1.82) is 0 Å². The third-order valence-electron chi connectivity index (χ3n) is 4.19. The Hall–Kier alpha value is -1.72. The van der Waals surface area contributed by atoms with Crippen LogP contribution in [0.5, 0.6) is 11.5 Å². The van der Waals surface area contributed by atoms with E-state index in [-0.39, 0.29) is 11.3 Å². The Morgan fingerprint density at radius 2 is 1.88 bits per heavy atom. The molecule has 3 rings (SSSR count). The number of nitrogens with one attached hydrogen (secondary N) is 1. The van der Waals surface area contributed by atoms with Crippen molar-refractivity contribution < 1.29 is 14.3 Å². The molecular formula is C19H19BrClNO3. The number of rotatable bonds is 4. The van der Waals surface area contributed by atoms with Gasteiger partial charge < -0.3 is 14.8 Å². The van der Waals surface area contributed by atoms with Crippen molar-refractivity contribution in [3.8, 4) is 11.5 Å². The second-order valence-corrected chi connectivity index (χ2v) is 7.87. The van der Waals surface area contributed by atoms with E-state index in [0.29, 0.717) is 30.3 Å². The molecule has 0 bridgehead atoms. The molecule has 0 aliphatic carbocycles. The highest BCUT2D eigenvalue weighted by Gasteiger charge is 2.24. The molecule has 0 radical (unpaired) electrons. The van der Waals surface area contributed by atoms with Crippen LogP contribution in [-0.2, 0) is 5.41 Å². The van der Waals surface area contributed by atoms with Gasteiger partial charge >= 0.3 is 0 Å². The summed E-state index contributed by atoms with van der Waals surface area (Å²) in [6.45, 7) is 5.73. The fourth-order valence-electron chi connectivity index (χ4n) is 2.63. The Morgan fingerprint density at radius 3 is 2.64 bits per heavy atom. The van der Waals surface area contributed by atoms with E-state index in [9.17, 15) is 4.79 Å². The van der Waals surface area contributed by atoms with E-state index >= 15 is 0 Å². The number of halogens is 2. The van der Waals surface area contributed by atoms with E-state index in [2.05, 4.69) is 35.1 Å². The number of benzene rings is 2. The Balaban J connectivity index is 1.73. The predicted octanol–water partition coefficient (Wildman–Crippen LogP) is 4.58.